The average Bonchev–Trinajstić information content (AvgIpc) is 2.97. The Balaban J connectivity index is 1.81. The molecule has 1 amide bonds. The summed E-state index contributed by atoms with van der Waals surface area (Å²) < 4.78 is 0. The van der Waals surface area contributed by atoms with Gasteiger partial charge in [0.15, 0.2) is 0 Å². The van der Waals surface area contributed by atoms with Crippen molar-refractivity contribution < 1.29 is 19.6 Å². The molecule has 1 aliphatic rings. The van der Waals surface area contributed by atoms with E-state index in [-0.39, 0.29) is 11.6 Å². The summed E-state index contributed by atoms with van der Waals surface area (Å²) in [5.74, 6) is -1.08. The standard InChI is InChI=1S/C15H18N2O5/c18-14(16-10-2-4-13(16)15(19)20)5-1-3-11-6-8-12(9-7-11)17(21)22/h6-9,13H,1-5,10H2,(H,19,20). The van der Waals surface area contributed by atoms with E-state index in [4.69, 9.17) is 5.11 Å². The van der Waals surface area contributed by atoms with Crippen molar-refractivity contribution in [2.24, 2.45) is 0 Å². The minimum Gasteiger partial charge on any atom is -0.480 e. The number of hydrogen-bond acceptors (Lipinski definition) is 4. The number of non-ortho nitro benzene ring substituents is 1. The van der Waals surface area contributed by atoms with Crippen molar-refractivity contribution in [3.8, 4) is 0 Å². The number of aryl methyl sites for hydroxylation is 1. The maximum atomic E-state index is 12.1. The van der Waals surface area contributed by atoms with Crippen LogP contribution >= 0.6 is 0 Å². The first kappa shape index (κ1) is 15.9. The Labute approximate surface area is 127 Å². The Morgan fingerprint density at radius 2 is 2.00 bits per heavy atom. The van der Waals surface area contributed by atoms with Crippen LogP contribution in [0.15, 0.2) is 24.3 Å². The largest absolute Gasteiger partial charge is 0.480 e. The maximum absolute atomic E-state index is 12.1. The van der Waals surface area contributed by atoms with Crippen LogP contribution < -0.4 is 0 Å². The SMILES string of the molecule is O=C(O)C1CCCN1C(=O)CCCc1ccc([N+](=O)[O-])cc1. The van der Waals surface area contributed by atoms with Crippen LogP contribution in [0.25, 0.3) is 0 Å². The van der Waals surface area contributed by atoms with Gasteiger partial charge in [0.1, 0.15) is 6.04 Å². The van der Waals surface area contributed by atoms with Crippen molar-refractivity contribution in [3.05, 3.63) is 39.9 Å². The number of amides is 1. The Hall–Kier alpha value is -2.44. The van der Waals surface area contributed by atoms with Crippen LogP contribution in [0.1, 0.15) is 31.2 Å². The van der Waals surface area contributed by atoms with E-state index in [0.717, 1.165) is 12.0 Å². The van der Waals surface area contributed by atoms with Crippen LogP contribution in [0.5, 0.6) is 0 Å². The number of carboxylic acids is 1. The lowest BCUT2D eigenvalue weighted by molar-refractivity contribution is -0.384. The summed E-state index contributed by atoms with van der Waals surface area (Å²) in [6.07, 6.45) is 2.77. The number of nitro benzene ring substituents is 1. The highest BCUT2D eigenvalue weighted by molar-refractivity contribution is 5.84. The van der Waals surface area contributed by atoms with Gasteiger partial charge >= 0.3 is 5.97 Å². The minimum atomic E-state index is -0.943. The van der Waals surface area contributed by atoms with Gasteiger partial charge in [0.25, 0.3) is 5.69 Å². The number of carboxylic acid groups (broad SMARTS) is 1. The molecule has 22 heavy (non-hydrogen) atoms. The highest BCUT2D eigenvalue weighted by Crippen LogP contribution is 2.19. The van der Waals surface area contributed by atoms with Gasteiger partial charge < -0.3 is 10.0 Å². The second-order valence-corrected chi connectivity index (χ2v) is 5.36. The van der Waals surface area contributed by atoms with Crippen molar-refractivity contribution in [2.75, 3.05) is 6.54 Å². The van der Waals surface area contributed by atoms with Gasteiger partial charge in [0.05, 0.1) is 4.92 Å². The summed E-state index contributed by atoms with van der Waals surface area (Å²) >= 11 is 0. The van der Waals surface area contributed by atoms with E-state index < -0.39 is 16.9 Å². The number of likely N-dealkylation sites (tertiary alicyclic amines) is 1. The van der Waals surface area contributed by atoms with Gasteiger partial charge in [-0.1, -0.05) is 12.1 Å². The number of rotatable bonds is 6. The number of nitrogens with zero attached hydrogens (tertiary/aromatic N) is 2. The van der Waals surface area contributed by atoms with Crippen molar-refractivity contribution in [2.45, 2.75) is 38.1 Å². The second-order valence-electron chi connectivity index (χ2n) is 5.36. The van der Waals surface area contributed by atoms with Gasteiger partial charge in [-0.05, 0) is 31.2 Å². The Morgan fingerprint density at radius 1 is 1.32 bits per heavy atom. The molecule has 1 aliphatic heterocycles. The average molecular weight is 306 g/mol. The van der Waals surface area contributed by atoms with Gasteiger partial charge in [-0.3, -0.25) is 14.9 Å². The van der Waals surface area contributed by atoms with E-state index in [1.54, 1.807) is 12.1 Å². The van der Waals surface area contributed by atoms with Crippen LogP contribution in [0, 0.1) is 10.1 Å². The molecule has 1 unspecified atom stereocenters. The molecule has 1 atom stereocenters. The van der Waals surface area contributed by atoms with E-state index in [2.05, 4.69) is 0 Å². The molecule has 0 spiro atoms. The smallest absolute Gasteiger partial charge is 0.326 e. The Morgan fingerprint density at radius 3 is 2.59 bits per heavy atom. The van der Waals surface area contributed by atoms with Crippen LogP contribution in [0.2, 0.25) is 0 Å². The molecule has 1 heterocycles. The summed E-state index contributed by atoms with van der Waals surface area (Å²) in [6.45, 7) is 0.507. The monoisotopic (exact) mass is 306 g/mol. The first-order valence-corrected chi connectivity index (χ1v) is 7.24. The quantitative estimate of drug-likeness (QED) is 0.640. The molecule has 0 saturated carbocycles. The van der Waals surface area contributed by atoms with Crippen molar-refractivity contribution in [3.63, 3.8) is 0 Å². The molecule has 118 valence electrons. The van der Waals surface area contributed by atoms with Gasteiger partial charge in [0.2, 0.25) is 5.91 Å². The Bertz CT molecular complexity index is 570. The zero-order valence-electron chi connectivity index (χ0n) is 12.1. The lowest BCUT2D eigenvalue weighted by atomic mass is 10.1. The van der Waals surface area contributed by atoms with Crippen molar-refractivity contribution in [1.82, 2.24) is 4.90 Å². The van der Waals surface area contributed by atoms with Gasteiger partial charge in [-0.15, -0.1) is 0 Å². The summed E-state index contributed by atoms with van der Waals surface area (Å²) in [5.41, 5.74) is 0.968. The Kier molecular flexibility index (Phi) is 5.08. The molecular formula is C15H18N2O5. The fourth-order valence-electron chi connectivity index (χ4n) is 2.69. The van der Waals surface area contributed by atoms with E-state index in [1.165, 1.54) is 17.0 Å². The van der Waals surface area contributed by atoms with Crippen LogP contribution in [0.3, 0.4) is 0 Å². The third kappa shape index (κ3) is 3.81. The molecule has 0 radical (unpaired) electrons. The highest BCUT2D eigenvalue weighted by atomic mass is 16.6. The molecule has 1 aromatic carbocycles. The van der Waals surface area contributed by atoms with Crippen molar-refractivity contribution in [1.29, 1.82) is 0 Å². The number of benzene rings is 1. The number of aliphatic carboxylic acids is 1. The number of hydrogen-bond donors (Lipinski definition) is 1. The molecule has 7 nitrogen and oxygen atoms in total. The van der Waals surface area contributed by atoms with E-state index in [1.807, 2.05) is 0 Å². The number of nitro groups is 1. The van der Waals surface area contributed by atoms with Gasteiger partial charge in [0, 0.05) is 25.1 Å². The van der Waals surface area contributed by atoms with Crippen LogP contribution in [0.4, 0.5) is 5.69 Å². The lowest BCUT2D eigenvalue weighted by Crippen LogP contribution is -2.40. The van der Waals surface area contributed by atoms with Gasteiger partial charge in [-0.25, -0.2) is 4.79 Å². The molecule has 0 aliphatic carbocycles. The van der Waals surface area contributed by atoms with Crippen LogP contribution in [-0.2, 0) is 16.0 Å². The highest BCUT2D eigenvalue weighted by Gasteiger charge is 2.33. The molecule has 1 saturated heterocycles. The normalized spacial score (nSPS) is 17.5. The topological polar surface area (TPSA) is 101 Å². The summed E-state index contributed by atoms with van der Waals surface area (Å²) in [7, 11) is 0. The maximum Gasteiger partial charge on any atom is 0.326 e. The fourth-order valence-corrected chi connectivity index (χ4v) is 2.69. The molecular weight excluding hydrogens is 288 g/mol. The summed E-state index contributed by atoms with van der Waals surface area (Å²) in [6, 6.07) is 5.56. The summed E-state index contributed by atoms with van der Waals surface area (Å²) in [5, 5.41) is 19.6. The molecule has 1 fully saturated rings. The van der Waals surface area contributed by atoms with Crippen LogP contribution in [-0.4, -0.2) is 39.4 Å². The predicted molar refractivity (Wildman–Crippen MR) is 78.4 cm³/mol. The van der Waals surface area contributed by atoms with E-state index in [9.17, 15) is 19.7 Å². The summed E-state index contributed by atoms with van der Waals surface area (Å²) in [4.78, 5) is 34.7. The third-order valence-corrected chi connectivity index (χ3v) is 3.86. The molecule has 1 N–H and O–H groups in total. The molecule has 1 aromatic rings. The molecule has 0 aromatic heterocycles. The van der Waals surface area contributed by atoms with E-state index in [0.29, 0.717) is 32.2 Å². The van der Waals surface area contributed by atoms with Crippen molar-refractivity contribution >= 4 is 17.6 Å². The lowest BCUT2D eigenvalue weighted by Gasteiger charge is -2.21. The zero-order chi connectivity index (χ0) is 16.1. The zero-order valence-corrected chi connectivity index (χ0v) is 12.1. The number of carbonyl (C=O) groups is 2. The first-order chi connectivity index (χ1) is 10.5. The number of carbonyl (C=O) groups excluding carboxylic acids is 1. The van der Waals surface area contributed by atoms with Gasteiger partial charge in [-0.2, -0.15) is 0 Å². The predicted octanol–water partition coefficient (Wildman–Crippen LogP) is 1.99. The van der Waals surface area contributed by atoms with E-state index >= 15 is 0 Å². The second kappa shape index (κ2) is 7.02. The fraction of sp³-hybridized carbons (Fsp3) is 0.467. The first-order valence-electron chi connectivity index (χ1n) is 7.24. The third-order valence-electron chi connectivity index (χ3n) is 3.86. The minimum absolute atomic E-state index is 0.0428. The molecule has 2 rings (SSSR count). The molecule has 0 bridgehead atoms. The molecule has 7 heteroatoms.